The van der Waals surface area contributed by atoms with Crippen molar-refractivity contribution >= 4 is 5.91 Å². The van der Waals surface area contributed by atoms with Crippen molar-refractivity contribution in [2.75, 3.05) is 20.1 Å². The first-order valence-corrected chi connectivity index (χ1v) is 8.28. The third-order valence-corrected chi connectivity index (χ3v) is 5.71. The Bertz CT molecular complexity index is 378. The highest BCUT2D eigenvalue weighted by atomic mass is 16.2. The van der Waals surface area contributed by atoms with E-state index in [1.54, 1.807) is 0 Å². The summed E-state index contributed by atoms with van der Waals surface area (Å²) in [5, 5.41) is 0. The summed E-state index contributed by atoms with van der Waals surface area (Å²) < 4.78 is 0. The monoisotopic (exact) mass is 279 g/mol. The predicted octanol–water partition coefficient (Wildman–Crippen LogP) is 1.59. The molecule has 2 saturated carbocycles. The van der Waals surface area contributed by atoms with Crippen molar-refractivity contribution in [2.45, 2.75) is 69.5 Å². The average molecular weight is 279 g/mol. The van der Waals surface area contributed by atoms with E-state index in [0.717, 1.165) is 44.8 Å². The van der Waals surface area contributed by atoms with E-state index in [2.05, 4.69) is 11.8 Å². The van der Waals surface area contributed by atoms with Crippen LogP contribution >= 0.6 is 0 Å². The highest BCUT2D eigenvalue weighted by Gasteiger charge is 2.42. The molecule has 0 spiro atoms. The Balaban J connectivity index is 1.61. The van der Waals surface area contributed by atoms with Crippen molar-refractivity contribution in [3.63, 3.8) is 0 Å². The van der Waals surface area contributed by atoms with Crippen LogP contribution in [0.15, 0.2) is 0 Å². The van der Waals surface area contributed by atoms with Crippen molar-refractivity contribution in [3.05, 3.63) is 0 Å². The topological polar surface area (TPSA) is 49.6 Å². The van der Waals surface area contributed by atoms with Gasteiger partial charge in [-0.25, -0.2) is 0 Å². The molecule has 114 valence electrons. The van der Waals surface area contributed by atoms with E-state index in [-0.39, 0.29) is 17.4 Å². The molecule has 3 aliphatic rings. The molecule has 3 atom stereocenters. The van der Waals surface area contributed by atoms with Crippen molar-refractivity contribution < 1.29 is 4.79 Å². The molecule has 0 aromatic heterocycles. The van der Waals surface area contributed by atoms with Gasteiger partial charge in [0.05, 0.1) is 5.92 Å². The molecule has 1 heterocycles. The number of likely N-dealkylation sites (tertiary alicyclic amines) is 1. The molecule has 3 unspecified atom stereocenters. The van der Waals surface area contributed by atoms with E-state index in [9.17, 15) is 4.79 Å². The van der Waals surface area contributed by atoms with E-state index >= 15 is 0 Å². The van der Waals surface area contributed by atoms with E-state index in [1.165, 1.54) is 19.3 Å². The van der Waals surface area contributed by atoms with E-state index < -0.39 is 0 Å². The molecule has 1 amide bonds. The van der Waals surface area contributed by atoms with Crippen LogP contribution in [-0.2, 0) is 4.79 Å². The summed E-state index contributed by atoms with van der Waals surface area (Å²) in [5.74, 6) is 0.313. The highest BCUT2D eigenvalue weighted by Crippen LogP contribution is 2.35. The number of likely N-dealkylation sites (N-methyl/N-ethyl adjacent to an activating group) is 1. The number of carbonyl (C=O) groups is 1. The summed E-state index contributed by atoms with van der Waals surface area (Å²) in [6.07, 6.45) is 8.11. The van der Waals surface area contributed by atoms with Gasteiger partial charge in [0.2, 0.25) is 5.91 Å². The predicted molar refractivity (Wildman–Crippen MR) is 80.3 cm³/mol. The molecular weight excluding hydrogens is 250 g/mol. The van der Waals surface area contributed by atoms with Crippen LogP contribution in [0, 0.1) is 5.92 Å². The first kappa shape index (κ1) is 14.3. The zero-order chi connectivity index (χ0) is 14.3. The molecule has 2 N–H and O–H groups in total. The van der Waals surface area contributed by atoms with Crippen LogP contribution in [0.5, 0.6) is 0 Å². The van der Waals surface area contributed by atoms with Gasteiger partial charge < -0.3 is 10.6 Å². The minimum Gasteiger partial charge on any atom is -0.341 e. The summed E-state index contributed by atoms with van der Waals surface area (Å²) in [6.45, 7) is 4.30. The number of rotatable bonds is 3. The Kier molecular flexibility index (Phi) is 3.80. The zero-order valence-electron chi connectivity index (χ0n) is 13.0. The third kappa shape index (κ3) is 2.73. The maximum absolute atomic E-state index is 12.8. The van der Waals surface area contributed by atoms with Gasteiger partial charge in [0.25, 0.3) is 0 Å². The number of nitrogens with two attached hydrogens (primary N) is 1. The second kappa shape index (κ2) is 5.30. The molecule has 4 heteroatoms. The Morgan fingerprint density at radius 1 is 1.25 bits per heavy atom. The summed E-state index contributed by atoms with van der Waals surface area (Å²) in [5.41, 5.74) is 6.08. The van der Waals surface area contributed by atoms with Gasteiger partial charge in [-0.3, -0.25) is 9.69 Å². The van der Waals surface area contributed by atoms with Gasteiger partial charge in [0.1, 0.15) is 0 Å². The normalized spacial score (nSPS) is 39.0. The second-order valence-corrected chi connectivity index (χ2v) is 7.42. The molecule has 0 radical (unpaired) electrons. The Hall–Kier alpha value is -0.610. The molecule has 20 heavy (non-hydrogen) atoms. The molecule has 4 nitrogen and oxygen atoms in total. The molecule has 3 fully saturated rings. The fourth-order valence-electron chi connectivity index (χ4n) is 4.05. The Morgan fingerprint density at radius 3 is 2.65 bits per heavy atom. The van der Waals surface area contributed by atoms with Gasteiger partial charge in [0.15, 0.2) is 0 Å². The lowest BCUT2D eigenvalue weighted by atomic mass is 9.74. The minimum atomic E-state index is -0.307. The fraction of sp³-hybridized carbons (Fsp3) is 0.938. The van der Waals surface area contributed by atoms with Crippen LogP contribution in [-0.4, -0.2) is 53.5 Å². The largest absolute Gasteiger partial charge is 0.341 e. The van der Waals surface area contributed by atoms with Crippen LogP contribution < -0.4 is 5.73 Å². The lowest BCUT2D eigenvalue weighted by Gasteiger charge is -2.40. The molecule has 2 aliphatic carbocycles. The highest BCUT2D eigenvalue weighted by molar-refractivity contribution is 5.80. The number of nitrogens with zero attached hydrogens (tertiary/aromatic N) is 2. The van der Waals surface area contributed by atoms with Gasteiger partial charge >= 0.3 is 0 Å². The summed E-state index contributed by atoms with van der Waals surface area (Å²) in [6, 6.07) is 1.22. The lowest BCUT2D eigenvalue weighted by Crippen LogP contribution is -2.55. The van der Waals surface area contributed by atoms with Crippen molar-refractivity contribution in [1.29, 1.82) is 0 Å². The fourth-order valence-corrected chi connectivity index (χ4v) is 4.05. The number of hydrogen-bond acceptors (Lipinski definition) is 3. The number of amides is 1. The molecule has 3 rings (SSSR count). The van der Waals surface area contributed by atoms with Crippen LogP contribution in [0.1, 0.15) is 51.9 Å². The van der Waals surface area contributed by atoms with Crippen LogP contribution in [0.2, 0.25) is 0 Å². The van der Waals surface area contributed by atoms with Gasteiger partial charge in [-0.15, -0.1) is 0 Å². The first-order valence-electron chi connectivity index (χ1n) is 8.28. The van der Waals surface area contributed by atoms with Crippen LogP contribution in [0.4, 0.5) is 0 Å². The molecule has 0 aromatic rings. The van der Waals surface area contributed by atoms with E-state index in [0.29, 0.717) is 6.04 Å². The molecule has 0 aromatic carbocycles. The zero-order valence-corrected chi connectivity index (χ0v) is 13.0. The molecule has 0 bridgehead atoms. The van der Waals surface area contributed by atoms with Crippen molar-refractivity contribution in [1.82, 2.24) is 9.80 Å². The third-order valence-electron chi connectivity index (χ3n) is 5.71. The van der Waals surface area contributed by atoms with Crippen molar-refractivity contribution in [2.24, 2.45) is 11.7 Å². The maximum atomic E-state index is 12.8. The molecule has 1 saturated heterocycles. The SMILES string of the molecule is CN(C(=O)C1CCCCC1(C)N)C1CCN(C2CC2)C1. The maximum Gasteiger partial charge on any atom is 0.227 e. The van der Waals surface area contributed by atoms with Gasteiger partial charge in [-0.1, -0.05) is 12.8 Å². The summed E-state index contributed by atoms with van der Waals surface area (Å²) >= 11 is 0. The quantitative estimate of drug-likeness (QED) is 0.853. The smallest absolute Gasteiger partial charge is 0.227 e. The molecular formula is C16H29N3O. The van der Waals surface area contributed by atoms with E-state index in [1.807, 2.05) is 11.9 Å². The van der Waals surface area contributed by atoms with Crippen LogP contribution in [0.3, 0.4) is 0 Å². The Labute approximate surface area is 122 Å². The number of carbonyl (C=O) groups excluding carboxylic acids is 1. The van der Waals surface area contributed by atoms with Crippen molar-refractivity contribution in [3.8, 4) is 0 Å². The summed E-state index contributed by atoms with van der Waals surface area (Å²) in [7, 11) is 1.99. The standard InChI is InChI=1S/C16H29N3O/c1-16(17)9-4-3-5-14(16)15(20)18(2)13-8-10-19(11-13)12-6-7-12/h12-14H,3-11,17H2,1-2H3. The average Bonchev–Trinajstić information content (AvgIpc) is 3.15. The lowest BCUT2D eigenvalue weighted by molar-refractivity contribution is -0.139. The van der Waals surface area contributed by atoms with Crippen LogP contribution in [0.25, 0.3) is 0 Å². The van der Waals surface area contributed by atoms with Gasteiger partial charge in [-0.2, -0.15) is 0 Å². The summed E-state index contributed by atoms with van der Waals surface area (Å²) in [4.78, 5) is 17.4. The minimum absolute atomic E-state index is 0.0243. The van der Waals surface area contributed by atoms with Gasteiger partial charge in [-0.05, 0) is 39.0 Å². The first-order chi connectivity index (χ1) is 9.49. The van der Waals surface area contributed by atoms with E-state index in [4.69, 9.17) is 5.73 Å². The second-order valence-electron chi connectivity index (χ2n) is 7.42. The van der Waals surface area contributed by atoms with Gasteiger partial charge in [0, 0.05) is 37.8 Å². The molecule has 1 aliphatic heterocycles. The number of hydrogen-bond donors (Lipinski definition) is 1. The Morgan fingerprint density at radius 2 is 2.00 bits per heavy atom.